The molecule has 0 radical (unpaired) electrons. The second kappa shape index (κ2) is 6.71. The van der Waals surface area contributed by atoms with Gasteiger partial charge in [0.15, 0.2) is 5.78 Å². The summed E-state index contributed by atoms with van der Waals surface area (Å²) in [6.45, 7) is 4.07. The van der Waals surface area contributed by atoms with E-state index in [9.17, 15) is 14.4 Å². The third kappa shape index (κ3) is 3.07. The fourth-order valence-electron chi connectivity index (χ4n) is 4.30. The van der Waals surface area contributed by atoms with Crippen molar-refractivity contribution in [3.8, 4) is 0 Å². The Morgan fingerprint density at radius 2 is 1.89 bits per heavy atom. The highest BCUT2D eigenvalue weighted by atomic mass is 32.1. The number of allylic oxidation sites excluding steroid dienone is 2. The minimum absolute atomic E-state index is 0.0821. The van der Waals surface area contributed by atoms with Crippen LogP contribution < -0.4 is 10.6 Å². The van der Waals surface area contributed by atoms with Gasteiger partial charge in [-0.1, -0.05) is 32.0 Å². The van der Waals surface area contributed by atoms with Crippen LogP contribution in [0.5, 0.6) is 0 Å². The fraction of sp³-hybridized carbons (Fsp3) is 0.318. The number of thiophene rings is 1. The van der Waals surface area contributed by atoms with Crippen molar-refractivity contribution in [1.82, 2.24) is 0 Å². The van der Waals surface area contributed by atoms with Crippen molar-refractivity contribution in [2.45, 2.75) is 39.0 Å². The number of carbonyl (C=O) groups excluding carboxylic acids is 3. The highest BCUT2D eigenvalue weighted by molar-refractivity contribution is 7.10. The molecule has 2 N–H and O–H groups in total. The van der Waals surface area contributed by atoms with Crippen LogP contribution in [-0.4, -0.2) is 17.6 Å². The molecule has 4 rings (SSSR count). The summed E-state index contributed by atoms with van der Waals surface area (Å²) in [5.74, 6) is -0.842. The molecule has 2 aromatic rings. The van der Waals surface area contributed by atoms with Crippen molar-refractivity contribution in [3.63, 3.8) is 0 Å². The Bertz CT molecular complexity index is 1000. The van der Waals surface area contributed by atoms with Crippen molar-refractivity contribution < 1.29 is 14.4 Å². The van der Waals surface area contributed by atoms with Crippen molar-refractivity contribution in [2.24, 2.45) is 11.1 Å². The number of rotatable bonds is 3. The lowest BCUT2D eigenvalue weighted by molar-refractivity contribution is -0.120. The summed E-state index contributed by atoms with van der Waals surface area (Å²) in [5.41, 5.74) is 7.47. The number of primary amides is 1. The maximum Gasteiger partial charge on any atom is 0.250 e. The number of anilines is 1. The van der Waals surface area contributed by atoms with Gasteiger partial charge in [0.2, 0.25) is 5.91 Å². The Kier molecular flexibility index (Phi) is 4.46. The summed E-state index contributed by atoms with van der Waals surface area (Å²) in [6, 6.07) is 10.8. The molecule has 6 heteroatoms. The molecular weight excluding hydrogens is 372 g/mol. The highest BCUT2D eigenvalue weighted by Gasteiger charge is 2.45. The van der Waals surface area contributed by atoms with Gasteiger partial charge in [-0.2, -0.15) is 0 Å². The topological polar surface area (TPSA) is 80.5 Å². The van der Waals surface area contributed by atoms with E-state index in [0.29, 0.717) is 29.8 Å². The molecule has 1 unspecified atom stereocenters. The number of carbonyl (C=O) groups is 3. The number of para-hydroxylation sites is 1. The fourth-order valence-corrected chi connectivity index (χ4v) is 5.14. The molecule has 1 aromatic heterocycles. The normalized spacial score (nSPS) is 21.6. The van der Waals surface area contributed by atoms with Crippen molar-refractivity contribution in [3.05, 3.63) is 63.5 Å². The zero-order valence-electron chi connectivity index (χ0n) is 15.9. The third-order valence-corrected chi connectivity index (χ3v) is 6.43. The van der Waals surface area contributed by atoms with Gasteiger partial charge in [-0.15, -0.1) is 11.3 Å². The average molecular weight is 394 g/mol. The first-order chi connectivity index (χ1) is 13.3. The Balaban J connectivity index is 1.94. The minimum Gasteiger partial charge on any atom is -0.366 e. The summed E-state index contributed by atoms with van der Waals surface area (Å²) in [7, 11) is 0. The molecule has 0 saturated carbocycles. The van der Waals surface area contributed by atoms with E-state index in [4.69, 9.17) is 5.73 Å². The minimum atomic E-state index is -0.590. The van der Waals surface area contributed by atoms with Crippen LogP contribution >= 0.6 is 11.3 Å². The van der Waals surface area contributed by atoms with E-state index in [1.807, 2.05) is 31.4 Å². The molecule has 1 aliphatic carbocycles. The number of nitrogens with zero attached hydrogens (tertiary/aromatic N) is 1. The quantitative estimate of drug-likeness (QED) is 0.854. The molecule has 0 bridgehead atoms. The molecule has 0 saturated heterocycles. The summed E-state index contributed by atoms with van der Waals surface area (Å²) in [5, 5.41) is 1.96. The SMILES string of the molecule is CC1(C)CC(=O)C2=C(C1)N(c1ccccc1C(N)=O)C(=O)CC2c1cccs1. The zero-order chi connectivity index (χ0) is 20.1. The molecule has 1 aliphatic heterocycles. The van der Waals surface area contributed by atoms with E-state index in [1.165, 1.54) is 0 Å². The molecule has 0 spiro atoms. The van der Waals surface area contributed by atoms with Crippen LogP contribution in [0.15, 0.2) is 53.0 Å². The first-order valence-corrected chi connectivity index (χ1v) is 10.2. The number of ketones is 1. The van der Waals surface area contributed by atoms with Crippen molar-refractivity contribution >= 4 is 34.6 Å². The summed E-state index contributed by atoms with van der Waals surface area (Å²) in [4.78, 5) is 41.0. The average Bonchev–Trinajstić information content (AvgIpc) is 3.14. The van der Waals surface area contributed by atoms with Crippen LogP contribution in [0, 0.1) is 5.41 Å². The monoisotopic (exact) mass is 394 g/mol. The summed E-state index contributed by atoms with van der Waals surface area (Å²) >= 11 is 1.56. The highest BCUT2D eigenvalue weighted by Crippen LogP contribution is 2.49. The second-order valence-electron chi connectivity index (χ2n) is 8.18. The van der Waals surface area contributed by atoms with E-state index >= 15 is 0 Å². The van der Waals surface area contributed by atoms with E-state index in [2.05, 4.69) is 0 Å². The first kappa shape index (κ1) is 18.6. The lowest BCUT2D eigenvalue weighted by Gasteiger charge is -2.43. The Labute approximate surface area is 167 Å². The van der Waals surface area contributed by atoms with Gasteiger partial charge in [0.1, 0.15) is 0 Å². The molecule has 2 heterocycles. The van der Waals surface area contributed by atoms with Gasteiger partial charge in [0, 0.05) is 34.9 Å². The summed E-state index contributed by atoms with van der Waals surface area (Å²) < 4.78 is 0. The molecule has 1 atom stereocenters. The number of Topliss-reactive ketones (excluding diaryl/α,β-unsaturated/α-hetero) is 1. The Morgan fingerprint density at radius 3 is 2.57 bits per heavy atom. The van der Waals surface area contributed by atoms with E-state index in [0.717, 1.165) is 4.88 Å². The van der Waals surface area contributed by atoms with Gasteiger partial charge in [-0.05, 0) is 35.4 Å². The van der Waals surface area contributed by atoms with Crippen LogP contribution in [0.1, 0.15) is 54.3 Å². The molecule has 28 heavy (non-hydrogen) atoms. The molecule has 144 valence electrons. The molecular formula is C22H22N2O3S. The van der Waals surface area contributed by atoms with Crippen molar-refractivity contribution in [1.29, 1.82) is 0 Å². The third-order valence-electron chi connectivity index (χ3n) is 5.44. The van der Waals surface area contributed by atoms with E-state index in [1.54, 1.807) is 40.5 Å². The standard InChI is InChI=1S/C22H22N2O3S/c1-22(2)11-16-20(17(25)12-22)14(18-8-5-9-28-18)10-19(26)24(16)15-7-4-3-6-13(15)21(23)27/h3-9,14H,10-12H2,1-2H3,(H2,23,27). The molecule has 2 aliphatic rings. The van der Waals surface area contributed by atoms with Gasteiger partial charge >= 0.3 is 0 Å². The molecule has 5 nitrogen and oxygen atoms in total. The van der Waals surface area contributed by atoms with Gasteiger partial charge in [-0.3, -0.25) is 19.3 Å². The Morgan fingerprint density at radius 1 is 1.14 bits per heavy atom. The van der Waals surface area contributed by atoms with Crippen molar-refractivity contribution in [2.75, 3.05) is 4.90 Å². The lowest BCUT2D eigenvalue weighted by atomic mass is 9.70. The van der Waals surface area contributed by atoms with E-state index in [-0.39, 0.29) is 35.0 Å². The van der Waals surface area contributed by atoms with Crippen LogP contribution in [-0.2, 0) is 9.59 Å². The largest absolute Gasteiger partial charge is 0.366 e. The van der Waals surface area contributed by atoms with Crippen LogP contribution in [0.2, 0.25) is 0 Å². The number of amides is 2. The number of nitrogens with two attached hydrogens (primary N) is 1. The smallest absolute Gasteiger partial charge is 0.250 e. The molecule has 0 fully saturated rings. The summed E-state index contributed by atoms with van der Waals surface area (Å²) in [6.07, 6.45) is 1.25. The lowest BCUT2D eigenvalue weighted by Crippen LogP contribution is -2.44. The van der Waals surface area contributed by atoms with E-state index < -0.39 is 5.91 Å². The maximum absolute atomic E-state index is 13.3. The second-order valence-corrected chi connectivity index (χ2v) is 9.16. The maximum atomic E-state index is 13.3. The molecule has 1 aromatic carbocycles. The number of benzene rings is 1. The predicted octanol–water partition coefficient (Wildman–Crippen LogP) is 4.01. The van der Waals surface area contributed by atoms with Crippen LogP contribution in [0.4, 0.5) is 5.69 Å². The predicted molar refractivity (Wildman–Crippen MR) is 109 cm³/mol. The number of hydrogen-bond donors (Lipinski definition) is 1. The Hall–Kier alpha value is -2.73. The number of hydrogen-bond acceptors (Lipinski definition) is 4. The van der Waals surface area contributed by atoms with Crippen LogP contribution in [0.3, 0.4) is 0 Å². The molecule has 2 amide bonds. The van der Waals surface area contributed by atoms with Crippen LogP contribution in [0.25, 0.3) is 0 Å². The van der Waals surface area contributed by atoms with Gasteiger partial charge in [0.05, 0.1) is 11.3 Å². The van der Waals surface area contributed by atoms with Gasteiger partial charge < -0.3 is 5.73 Å². The zero-order valence-corrected chi connectivity index (χ0v) is 16.7. The van der Waals surface area contributed by atoms with Gasteiger partial charge in [-0.25, -0.2) is 0 Å². The van der Waals surface area contributed by atoms with Gasteiger partial charge in [0.25, 0.3) is 5.91 Å². The first-order valence-electron chi connectivity index (χ1n) is 9.30.